The lowest BCUT2D eigenvalue weighted by Crippen LogP contribution is -2.30. The number of carbonyl (C=O) groups is 2. The number of fused-ring (bicyclic) bond motifs is 1. The largest absolute Gasteiger partial charge is 0.419 e. The second kappa shape index (κ2) is 6.02. The molecule has 0 heterocycles. The van der Waals surface area contributed by atoms with Gasteiger partial charge in [0, 0.05) is 30.3 Å². The number of benzene rings is 2. The molecule has 0 spiro atoms. The van der Waals surface area contributed by atoms with Crippen LogP contribution < -0.4 is 9.64 Å². The van der Waals surface area contributed by atoms with E-state index in [1.807, 2.05) is 30.3 Å². The van der Waals surface area contributed by atoms with Crippen molar-refractivity contribution >= 4 is 17.6 Å². The number of carbonyl (C=O) groups excluding carboxylic acids is 2. The van der Waals surface area contributed by atoms with E-state index >= 15 is 0 Å². The van der Waals surface area contributed by atoms with Gasteiger partial charge in [-0.25, -0.2) is 4.79 Å². The molecule has 0 N–H and O–H groups in total. The molecule has 0 radical (unpaired) electrons. The molecule has 1 amide bonds. The summed E-state index contributed by atoms with van der Waals surface area (Å²) < 4.78 is 5.51. The topological polar surface area (TPSA) is 46.6 Å². The minimum Gasteiger partial charge on any atom is -0.410 e. The highest BCUT2D eigenvalue weighted by Crippen LogP contribution is 2.30. The van der Waals surface area contributed by atoms with Crippen molar-refractivity contribution in [3.05, 3.63) is 59.7 Å². The number of ether oxygens (including phenoxy) is 1. The summed E-state index contributed by atoms with van der Waals surface area (Å²) in [4.78, 5) is 25.7. The molecule has 4 heteroatoms. The summed E-state index contributed by atoms with van der Waals surface area (Å²) in [5.41, 5.74) is 2.28. The van der Waals surface area contributed by atoms with Gasteiger partial charge in [0.15, 0.2) is 5.78 Å². The molecule has 4 nitrogen and oxygen atoms in total. The van der Waals surface area contributed by atoms with E-state index in [0.717, 1.165) is 24.1 Å². The van der Waals surface area contributed by atoms with Crippen molar-refractivity contribution in [1.82, 2.24) is 0 Å². The SMILES string of the molecule is CN(C(=O)Oc1cccc2c1CCCC2=O)c1ccccc1. The highest BCUT2D eigenvalue weighted by molar-refractivity contribution is 5.99. The van der Waals surface area contributed by atoms with E-state index in [9.17, 15) is 9.59 Å². The molecular formula is C18H17NO3. The molecule has 0 atom stereocenters. The molecule has 3 rings (SSSR count). The molecular weight excluding hydrogens is 278 g/mol. The number of hydrogen-bond acceptors (Lipinski definition) is 3. The van der Waals surface area contributed by atoms with Crippen LogP contribution in [0.3, 0.4) is 0 Å². The molecule has 2 aromatic rings. The van der Waals surface area contributed by atoms with Crippen molar-refractivity contribution < 1.29 is 14.3 Å². The standard InChI is InChI=1S/C18H17NO3/c1-19(13-7-3-2-4-8-13)18(21)22-17-12-6-9-14-15(17)10-5-11-16(14)20/h2-4,6-9,12H,5,10-11H2,1H3. The van der Waals surface area contributed by atoms with Crippen LogP contribution in [0.25, 0.3) is 0 Å². The fraction of sp³-hybridized carbons (Fsp3) is 0.222. The van der Waals surface area contributed by atoms with Gasteiger partial charge in [0.05, 0.1) is 0 Å². The van der Waals surface area contributed by atoms with Gasteiger partial charge in [-0.1, -0.05) is 30.3 Å². The summed E-state index contributed by atoms with van der Waals surface area (Å²) in [6.07, 6.45) is 1.67. The molecule has 22 heavy (non-hydrogen) atoms. The highest BCUT2D eigenvalue weighted by Gasteiger charge is 2.22. The molecule has 1 aliphatic rings. The van der Waals surface area contributed by atoms with Gasteiger partial charge in [0.25, 0.3) is 0 Å². The zero-order valence-electron chi connectivity index (χ0n) is 12.4. The van der Waals surface area contributed by atoms with Crippen LogP contribution in [-0.4, -0.2) is 18.9 Å². The zero-order chi connectivity index (χ0) is 15.5. The molecule has 0 aliphatic heterocycles. The molecule has 0 saturated heterocycles. The Morgan fingerprint density at radius 3 is 2.59 bits per heavy atom. The van der Waals surface area contributed by atoms with Crippen LogP contribution in [-0.2, 0) is 6.42 Å². The average molecular weight is 295 g/mol. The second-order valence-electron chi connectivity index (χ2n) is 5.32. The number of nitrogens with zero attached hydrogens (tertiary/aromatic N) is 1. The number of rotatable bonds is 2. The van der Waals surface area contributed by atoms with Gasteiger partial charge >= 0.3 is 6.09 Å². The summed E-state index contributed by atoms with van der Waals surface area (Å²) in [7, 11) is 1.66. The van der Waals surface area contributed by atoms with Crippen LogP contribution in [0.15, 0.2) is 48.5 Å². The Morgan fingerprint density at radius 1 is 1.05 bits per heavy atom. The van der Waals surface area contributed by atoms with Gasteiger partial charge in [-0.3, -0.25) is 9.69 Å². The second-order valence-corrected chi connectivity index (χ2v) is 5.32. The number of amides is 1. The van der Waals surface area contributed by atoms with Crippen LogP contribution in [0, 0.1) is 0 Å². The Hall–Kier alpha value is -2.62. The van der Waals surface area contributed by atoms with Gasteiger partial charge in [0.2, 0.25) is 0 Å². The summed E-state index contributed by atoms with van der Waals surface area (Å²) in [6, 6.07) is 14.6. The Kier molecular flexibility index (Phi) is 3.92. The van der Waals surface area contributed by atoms with E-state index < -0.39 is 6.09 Å². The quantitative estimate of drug-likeness (QED) is 0.845. The lowest BCUT2D eigenvalue weighted by Gasteiger charge is -2.21. The van der Waals surface area contributed by atoms with Crippen molar-refractivity contribution in [3.63, 3.8) is 0 Å². The van der Waals surface area contributed by atoms with Crippen molar-refractivity contribution in [2.24, 2.45) is 0 Å². The lowest BCUT2D eigenvalue weighted by molar-refractivity contribution is 0.0971. The van der Waals surface area contributed by atoms with Crippen LogP contribution in [0.1, 0.15) is 28.8 Å². The average Bonchev–Trinajstić information content (AvgIpc) is 2.56. The van der Waals surface area contributed by atoms with Gasteiger partial charge in [-0.15, -0.1) is 0 Å². The van der Waals surface area contributed by atoms with Crippen LogP contribution in [0.4, 0.5) is 10.5 Å². The fourth-order valence-electron chi connectivity index (χ4n) is 2.66. The Morgan fingerprint density at radius 2 is 1.82 bits per heavy atom. The molecule has 0 unspecified atom stereocenters. The summed E-state index contributed by atoms with van der Waals surface area (Å²) in [5.74, 6) is 0.605. The first kappa shape index (κ1) is 14.3. The van der Waals surface area contributed by atoms with E-state index in [2.05, 4.69) is 0 Å². The minimum absolute atomic E-state index is 0.121. The van der Waals surface area contributed by atoms with E-state index in [1.54, 1.807) is 25.2 Å². The number of ketones is 1. The highest BCUT2D eigenvalue weighted by atomic mass is 16.6. The summed E-state index contributed by atoms with van der Waals surface area (Å²) >= 11 is 0. The molecule has 0 aromatic heterocycles. The Bertz CT molecular complexity index is 710. The maximum Gasteiger partial charge on any atom is 0.419 e. The molecule has 1 aliphatic carbocycles. The third kappa shape index (κ3) is 2.72. The number of hydrogen-bond donors (Lipinski definition) is 0. The normalized spacial score (nSPS) is 13.4. The van der Waals surface area contributed by atoms with Gasteiger partial charge in [-0.2, -0.15) is 0 Å². The van der Waals surface area contributed by atoms with E-state index in [1.165, 1.54) is 4.90 Å². The maximum absolute atomic E-state index is 12.3. The monoisotopic (exact) mass is 295 g/mol. The molecule has 112 valence electrons. The van der Waals surface area contributed by atoms with Gasteiger partial charge in [-0.05, 0) is 31.0 Å². The predicted molar refractivity (Wildman–Crippen MR) is 84.6 cm³/mol. The third-order valence-electron chi connectivity index (χ3n) is 3.88. The smallest absolute Gasteiger partial charge is 0.410 e. The van der Waals surface area contributed by atoms with Crippen molar-refractivity contribution in [1.29, 1.82) is 0 Å². The number of para-hydroxylation sites is 1. The van der Waals surface area contributed by atoms with Crippen LogP contribution >= 0.6 is 0 Å². The van der Waals surface area contributed by atoms with E-state index in [0.29, 0.717) is 17.7 Å². The van der Waals surface area contributed by atoms with Gasteiger partial charge in [0.1, 0.15) is 5.75 Å². The Labute approximate surface area is 129 Å². The van der Waals surface area contributed by atoms with Crippen LogP contribution in [0.5, 0.6) is 5.75 Å². The zero-order valence-corrected chi connectivity index (χ0v) is 12.4. The number of anilines is 1. The molecule has 2 aromatic carbocycles. The first-order valence-electron chi connectivity index (χ1n) is 7.32. The third-order valence-corrected chi connectivity index (χ3v) is 3.88. The van der Waals surface area contributed by atoms with Gasteiger partial charge < -0.3 is 4.74 Å². The molecule has 0 fully saturated rings. The fourth-order valence-corrected chi connectivity index (χ4v) is 2.66. The van der Waals surface area contributed by atoms with Crippen molar-refractivity contribution in [3.8, 4) is 5.75 Å². The molecule has 0 saturated carbocycles. The Balaban J connectivity index is 1.83. The number of Topliss-reactive ketones (excluding diaryl/α,β-unsaturated/α-hetero) is 1. The van der Waals surface area contributed by atoms with Crippen molar-refractivity contribution in [2.75, 3.05) is 11.9 Å². The first-order chi connectivity index (χ1) is 10.7. The summed E-state index contributed by atoms with van der Waals surface area (Å²) in [6.45, 7) is 0. The first-order valence-corrected chi connectivity index (χ1v) is 7.32. The minimum atomic E-state index is -0.461. The van der Waals surface area contributed by atoms with E-state index in [4.69, 9.17) is 4.74 Å². The van der Waals surface area contributed by atoms with Crippen molar-refractivity contribution in [2.45, 2.75) is 19.3 Å². The predicted octanol–water partition coefficient (Wildman–Crippen LogP) is 3.84. The lowest BCUT2D eigenvalue weighted by atomic mass is 9.90. The van der Waals surface area contributed by atoms with E-state index in [-0.39, 0.29) is 5.78 Å². The maximum atomic E-state index is 12.3. The summed E-state index contributed by atoms with van der Waals surface area (Å²) in [5, 5.41) is 0. The van der Waals surface area contributed by atoms with Crippen LogP contribution in [0.2, 0.25) is 0 Å². The molecule has 0 bridgehead atoms.